The Bertz CT molecular complexity index is 416. The molecule has 2 N–H and O–H groups in total. The normalized spacial score (nSPS) is 24.4. The van der Waals surface area contributed by atoms with Crippen LogP contribution in [0.2, 0.25) is 0 Å². The average Bonchev–Trinajstić information content (AvgIpc) is 2.63. The van der Waals surface area contributed by atoms with E-state index in [4.69, 9.17) is 5.73 Å². The second-order valence-electron chi connectivity index (χ2n) is 4.54. The first-order valence-electron chi connectivity index (χ1n) is 6.31. The van der Waals surface area contributed by atoms with Gasteiger partial charge >= 0.3 is 0 Å². The van der Waals surface area contributed by atoms with Gasteiger partial charge in [0, 0.05) is 19.0 Å². The quantitative estimate of drug-likeness (QED) is 0.864. The summed E-state index contributed by atoms with van der Waals surface area (Å²) in [6, 6.07) is 8.28. The maximum absolute atomic E-state index is 11.8. The zero-order valence-electron chi connectivity index (χ0n) is 10.5. The third-order valence-electron chi connectivity index (χ3n) is 3.57. The molecule has 1 amide bonds. The highest BCUT2D eigenvalue weighted by atomic mass is 16.2. The van der Waals surface area contributed by atoms with E-state index in [1.807, 2.05) is 24.0 Å². The smallest absolute Gasteiger partial charge is 0.224 e. The predicted octanol–water partition coefficient (Wildman–Crippen LogP) is 1.87. The van der Waals surface area contributed by atoms with Crippen molar-refractivity contribution in [2.75, 3.05) is 6.54 Å². The van der Waals surface area contributed by atoms with Crippen molar-refractivity contribution in [1.82, 2.24) is 4.90 Å². The van der Waals surface area contributed by atoms with Gasteiger partial charge in [0.15, 0.2) is 0 Å². The van der Waals surface area contributed by atoms with Crippen molar-refractivity contribution in [3.05, 3.63) is 35.4 Å². The molecule has 2 atom stereocenters. The largest absolute Gasteiger partial charge is 0.334 e. The topological polar surface area (TPSA) is 46.3 Å². The van der Waals surface area contributed by atoms with Gasteiger partial charge in [0.2, 0.25) is 5.91 Å². The number of amides is 1. The molecule has 0 radical (unpaired) electrons. The third-order valence-corrected chi connectivity index (χ3v) is 3.57. The van der Waals surface area contributed by atoms with Crippen LogP contribution >= 0.6 is 0 Å². The van der Waals surface area contributed by atoms with Gasteiger partial charge in [-0.1, -0.05) is 31.2 Å². The highest BCUT2D eigenvalue weighted by molar-refractivity contribution is 5.80. The summed E-state index contributed by atoms with van der Waals surface area (Å²) in [6.45, 7) is 4.88. The molecule has 17 heavy (non-hydrogen) atoms. The van der Waals surface area contributed by atoms with Crippen LogP contribution in [0, 0.1) is 0 Å². The maximum atomic E-state index is 11.8. The Morgan fingerprint density at radius 3 is 2.71 bits per heavy atom. The molecule has 0 saturated carbocycles. The summed E-state index contributed by atoms with van der Waals surface area (Å²) in [6.07, 6.45) is 1.45. The fraction of sp³-hybridized carbons (Fsp3) is 0.500. The number of aryl methyl sites for hydroxylation is 1. The van der Waals surface area contributed by atoms with Crippen LogP contribution in [0.1, 0.15) is 37.4 Å². The van der Waals surface area contributed by atoms with Crippen LogP contribution in [0.4, 0.5) is 0 Å². The molecule has 1 saturated heterocycles. The van der Waals surface area contributed by atoms with Gasteiger partial charge in [-0.15, -0.1) is 0 Å². The summed E-state index contributed by atoms with van der Waals surface area (Å²) < 4.78 is 0. The summed E-state index contributed by atoms with van der Waals surface area (Å²) >= 11 is 0. The number of carbonyl (C=O) groups is 1. The van der Waals surface area contributed by atoms with Gasteiger partial charge in [-0.3, -0.25) is 4.79 Å². The molecule has 3 nitrogen and oxygen atoms in total. The van der Waals surface area contributed by atoms with E-state index in [-0.39, 0.29) is 18.0 Å². The minimum Gasteiger partial charge on any atom is -0.334 e. The first kappa shape index (κ1) is 12.1. The van der Waals surface area contributed by atoms with E-state index in [0.29, 0.717) is 6.42 Å². The van der Waals surface area contributed by atoms with E-state index in [0.717, 1.165) is 13.0 Å². The molecule has 1 fully saturated rings. The Morgan fingerprint density at radius 2 is 2.06 bits per heavy atom. The molecule has 1 aliphatic rings. The molecule has 2 unspecified atom stereocenters. The molecule has 0 aromatic heterocycles. The highest BCUT2D eigenvalue weighted by Crippen LogP contribution is 2.33. The van der Waals surface area contributed by atoms with Crippen molar-refractivity contribution in [3.8, 4) is 0 Å². The molecule has 0 spiro atoms. The number of benzene rings is 1. The maximum Gasteiger partial charge on any atom is 0.224 e. The Balaban J connectivity index is 2.40. The summed E-state index contributed by atoms with van der Waals surface area (Å²) in [4.78, 5) is 13.7. The standard InChI is InChI=1S/C14H20N2O/c1-3-10-7-5-6-8-11(10)14-12(15)9-13(17)16(14)4-2/h5-8,12,14H,3-4,9,15H2,1-2H3. The fourth-order valence-electron chi connectivity index (χ4n) is 2.73. The Labute approximate surface area is 103 Å². The van der Waals surface area contributed by atoms with Crippen LogP contribution in [0.5, 0.6) is 0 Å². The lowest BCUT2D eigenvalue weighted by molar-refractivity contribution is -0.128. The van der Waals surface area contributed by atoms with Gasteiger partial charge in [-0.05, 0) is 24.5 Å². The molecular formula is C14H20N2O. The van der Waals surface area contributed by atoms with Crippen molar-refractivity contribution >= 4 is 5.91 Å². The molecular weight excluding hydrogens is 212 g/mol. The van der Waals surface area contributed by atoms with E-state index in [1.54, 1.807) is 0 Å². The van der Waals surface area contributed by atoms with E-state index < -0.39 is 0 Å². The number of hydrogen-bond donors (Lipinski definition) is 1. The van der Waals surface area contributed by atoms with Crippen LogP contribution in [0.15, 0.2) is 24.3 Å². The average molecular weight is 232 g/mol. The highest BCUT2D eigenvalue weighted by Gasteiger charge is 2.38. The van der Waals surface area contributed by atoms with Crippen LogP contribution in [-0.2, 0) is 11.2 Å². The Kier molecular flexibility index (Phi) is 3.48. The van der Waals surface area contributed by atoms with Crippen LogP contribution < -0.4 is 5.73 Å². The third kappa shape index (κ3) is 2.07. The molecule has 3 heteroatoms. The molecule has 1 heterocycles. The van der Waals surface area contributed by atoms with Gasteiger partial charge in [0.1, 0.15) is 0 Å². The van der Waals surface area contributed by atoms with Crippen LogP contribution in [0.3, 0.4) is 0 Å². The van der Waals surface area contributed by atoms with Gasteiger partial charge in [0.25, 0.3) is 0 Å². The minimum atomic E-state index is -0.0739. The van der Waals surface area contributed by atoms with E-state index in [1.165, 1.54) is 11.1 Å². The van der Waals surface area contributed by atoms with Gasteiger partial charge < -0.3 is 10.6 Å². The molecule has 2 rings (SSSR count). The molecule has 0 bridgehead atoms. The molecule has 1 aliphatic heterocycles. The lowest BCUT2D eigenvalue weighted by Gasteiger charge is -2.27. The number of nitrogens with zero attached hydrogens (tertiary/aromatic N) is 1. The summed E-state index contributed by atoms with van der Waals surface area (Å²) in [5.41, 5.74) is 8.64. The van der Waals surface area contributed by atoms with Crippen LogP contribution in [-0.4, -0.2) is 23.4 Å². The van der Waals surface area contributed by atoms with Gasteiger partial charge in [-0.25, -0.2) is 0 Å². The first-order valence-corrected chi connectivity index (χ1v) is 6.31. The van der Waals surface area contributed by atoms with E-state index in [2.05, 4.69) is 19.1 Å². The SMILES string of the molecule is CCc1ccccc1C1C(N)CC(=O)N1CC. The number of hydrogen-bond acceptors (Lipinski definition) is 2. The zero-order chi connectivity index (χ0) is 12.4. The van der Waals surface area contributed by atoms with Crippen molar-refractivity contribution in [1.29, 1.82) is 0 Å². The summed E-state index contributed by atoms with van der Waals surface area (Å²) in [7, 11) is 0. The molecule has 1 aromatic carbocycles. The lowest BCUT2D eigenvalue weighted by Crippen LogP contribution is -2.33. The number of likely N-dealkylation sites (N-methyl/N-ethyl adjacent to an activating group) is 1. The van der Waals surface area contributed by atoms with Crippen molar-refractivity contribution < 1.29 is 4.79 Å². The predicted molar refractivity (Wildman–Crippen MR) is 68.5 cm³/mol. The molecule has 0 aliphatic carbocycles. The molecule has 92 valence electrons. The monoisotopic (exact) mass is 232 g/mol. The number of likely N-dealkylation sites (tertiary alicyclic amines) is 1. The number of carbonyl (C=O) groups excluding carboxylic acids is 1. The second kappa shape index (κ2) is 4.88. The zero-order valence-corrected chi connectivity index (χ0v) is 10.5. The second-order valence-corrected chi connectivity index (χ2v) is 4.54. The number of nitrogens with two attached hydrogens (primary N) is 1. The van der Waals surface area contributed by atoms with E-state index in [9.17, 15) is 4.79 Å². The number of rotatable bonds is 3. The van der Waals surface area contributed by atoms with Crippen LogP contribution in [0.25, 0.3) is 0 Å². The first-order chi connectivity index (χ1) is 8.19. The molecule has 1 aromatic rings. The van der Waals surface area contributed by atoms with Gasteiger partial charge in [0.05, 0.1) is 6.04 Å². The lowest BCUT2D eigenvalue weighted by atomic mass is 9.94. The summed E-state index contributed by atoms with van der Waals surface area (Å²) in [5.74, 6) is 0.177. The van der Waals surface area contributed by atoms with Crippen molar-refractivity contribution in [3.63, 3.8) is 0 Å². The van der Waals surface area contributed by atoms with Gasteiger partial charge in [-0.2, -0.15) is 0 Å². The minimum absolute atomic E-state index is 0.0589. The Hall–Kier alpha value is -1.35. The van der Waals surface area contributed by atoms with E-state index >= 15 is 0 Å². The Morgan fingerprint density at radius 1 is 1.35 bits per heavy atom. The fourth-order valence-corrected chi connectivity index (χ4v) is 2.73. The van der Waals surface area contributed by atoms with Crippen molar-refractivity contribution in [2.45, 2.75) is 38.8 Å². The van der Waals surface area contributed by atoms with Crippen molar-refractivity contribution in [2.24, 2.45) is 5.73 Å². The summed E-state index contributed by atoms with van der Waals surface area (Å²) in [5, 5.41) is 0.